The summed E-state index contributed by atoms with van der Waals surface area (Å²) >= 11 is 0. The van der Waals surface area contributed by atoms with Gasteiger partial charge in [-0.25, -0.2) is 0 Å². The van der Waals surface area contributed by atoms with Gasteiger partial charge in [0.05, 0.1) is 0 Å². The van der Waals surface area contributed by atoms with Crippen molar-refractivity contribution in [1.29, 1.82) is 0 Å². The Morgan fingerprint density at radius 1 is 1.12 bits per heavy atom. The summed E-state index contributed by atoms with van der Waals surface area (Å²) in [4.78, 5) is 37.1. The summed E-state index contributed by atoms with van der Waals surface area (Å²) < 4.78 is 14.1. The van der Waals surface area contributed by atoms with Crippen LogP contribution in [0.4, 0.5) is 9.59 Å². The molecular weight excluding hydrogens is 328 g/mol. The van der Waals surface area contributed by atoms with E-state index in [1.165, 1.54) is 0 Å². The van der Waals surface area contributed by atoms with Crippen molar-refractivity contribution in [3.05, 3.63) is 0 Å². The van der Waals surface area contributed by atoms with E-state index in [4.69, 9.17) is 14.9 Å². The molecule has 0 atom stereocenters. The smallest absolute Gasteiger partial charge is 1.00 e. The van der Waals surface area contributed by atoms with E-state index in [0.29, 0.717) is 0 Å². The maximum atomic E-state index is 10.2. The molecule has 1 fully saturated rings. The van der Waals surface area contributed by atoms with Crippen LogP contribution in [0.5, 0.6) is 0 Å². The van der Waals surface area contributed by atoms with E-state index in [9.17, 15) is 9.59 Å². The van der Waals surface area contributed by atoms with Gasteiger partial charge >= 0.3 is 185 Å². The van der Waals surface area contributed by atoms with Crippen molar-refractivity contribution < 1.29 is 54.5 Å². The van der Waals surface area contributed by atoms with E-state index >= 15 is 0 Å². The van der Waals surface area contributed by atoms with Crippen LogP contribution in [0, 0.1) is 0 Å². The van der Waals surface area contributed by atoms with Crippen LogP contribution in [0.25, 0.3) is 0 Å². The van der Waals surface area contributed by atoms with Gasteiger partial charge in [0.1, 0.15) is 0 Å². The van der Waals surface area contributed by atoms with E-state index in [-0.39, 0.29) is 133 Å². The number of carbonyl (C=O) groups is 2. The fourth-order valence-corrected chi connectivity index (χ4v) is 0.992. The van der Waals surface area contributed by atoms with Crippen LogP contribution in [-0.2, 0) is 18.6 Å². The third-order valence-corrected chi connectivity index (χ3v) is 1.67. The molecule has 1 aliphatic heterocycles. The second-order valence-corrected chi connectivity index (χ2v) is 3.75. The number of rotatable bonds is 1. The third-order valence-electron chi connectivity index (χ3n) is 0.670. The summed E-state index contributed by atoms with van der Waals surface area (Å²) in [5.74, 6) is 0. The Kier molecular flexibility index (Phi) is 16.9. The minimum Gasteiger partial charge on any atom is -1.00 e. The molecule has 86 valence electrons. The molecule has 1 saturated heterocycles. The van der Waals surface area contributed by atoms with Crippen molar-refractivity contribution >= 4 is 142 Å². The van der Waals surface area contributed by atoms with Crippen LogP contribution in [0.1, 0.15) is 11.4 Å². The Hall–Kier alpha value is 3.06. The molecule has 3 N–H and O–H groups in total. The van der Waals surface area contributed by atoms with Gasteiger partial charge < -0.3 is 11.4 Å². The molecule has 0 bridgehead atoms. The SMILES string of the molecule is O=C(O)OC(=O)OP1(O)(O)OO1.[Ca+2].[Ca+2].[H-].[H-].[H-].[H-].[H-].[H-].[H-].[H-].[Mg+2].[Mg+2]. The average molecular weight is 339 g/mol. The van der Waals surface area contributed by atoms with Gasteiger partial charge in [-0.1, -0.05) is 0 Å². The fraction of sp³-hybridized carbons (Fsp3) is 0. The number of ether oxygens (including phenoxy) is 1. The van der Waals surface area contributed by atoms with Gasteiger partial charge in [-0.05, 0) is 0 Å². The van der Waals surface area contributed by atoms with Gasteiger partial charge in [-0.15, -0.1) is 0 Å². The van der Waals surface area contributed by atoms with Crippen LogP contribution < -0.4 is 0 Å². The summed E-state index contributed by atoms with van der Waals surface area (Å²) in [6.45, 7) is 0. The van der Waals surface area contributed by atoms with Crippen LogP contribution in [0.2, 0.25) is 0 Å². The summed E-state index contributed by atoms with van der Waals surface area (Å²) in [5.41, 5.74) is 0. The van der Waals surface area contributed by atoms with Gasteiger partial charge in [0.15, 0.2) is 0 Å². The first-order valence-corrected chi connectivity index (χ1v) is 4.25. The molecule has 1 rings (SSSR count). The largest absolute Gasteiger partial charge is 2.00 e. The number of carbonyl (C=O) groups excluding carboxylic acids is 1. The van der Waals surface area contributed by atoms with E-state index in [1.807, 2.05) is 0 Å². The zero-order valence-corrected chi connectivity index (χ0v) is 16.2. The van der Waals surface area contributed by atoms with Crippen molar-refractivity contribution in [2.75, 3.05) is 0 Å². The van der Waals surface area contributed by atoms with Crippen molar-refractivity contribution in [2.45, 2.75) is 0 Å². The Morgan fingerprint density at radius 3 is 1.75 bits per heavy atom. The minimum absolute atomic E-state index is 0. The molecule has 9 nitrogen and oxygen atoms in total. The first kappa shape index (κ1) is 27.4. The van der Waals surface area contributed by atoms with Gasteiger partial charge in [0.2, 0.25) is 0 Å². The molecule has 0 saturated carbocycles. The third kappa shape index (κ3) is 10.9. The Bertz CT molecular complexity index is 274. The summed E-state index contributed by atoms with van der Waals surface area (Å²) in [5, 5.41) is 7.83. The van der Waals surface area contributed by atoms with E-state index < -0.39 is 20.0 Å². The second kappa shape index (κ2) is 9.89. The van der Waals surface area contributed by atoms with Gasteiger partial charge in [-0.2, -0.15) is 0 Å². The normalized spacial score (nSPS) is 19.5. The predicted octanol–water partition coefficient (Wildman–Crippen LogP) is -0.731. The molecule has 0 aromatic rings. The standard InChI is InChI=1S/C2H3O9P.2Ca.2Mg.8H/c3-1(4)8-2(5)9-12(6,7)10-11-12;;;;;;;;;;;;/h6-7H,(H,3,4);;;;;;;;;;;;/q;4*+2;8*-1. The summed E-state index contributed by atoms with van der Waals surface area (Å²) in [6.07, 6.45) is -3.80. The zero-order chi connectivity index (χ0) is 9.43. The first-order chi connectivity index (χ1) is 5.30. The summed E-state index contributed by atoms with van der Waals surface area (Å²) in [7, 11) is -5.23. The first-order valence-electron chi connectivity index (χ1n) is 2.36. The van der Waals surface area contributed by atoms with E-state index in [1.54, 1.807) is 0 Å². The fourth-order valence-electron chi connectivity index (χ4n) is 0.291. The minimum atomic E-state index is -5.23. The molecule has 1 heterocycles. The molecule has 0 radical (unpaired) electrons. The maximum Gasteiger partial charge on any atom is 2.00 e. The topological polar surface area (TPSA) is 138 Å². The molecule has 0 amide bonds. The van der Waals surface area contributed by atoms with Gasteiger partial charge in [-0.3, -0.25) is 0 Å². The number of hydrogen-bond acceptors (Lipinski definition) is 8. The Morgan fingerprint density at radius 2 is 1.50 bits per heavy atom. The predicted molar refractivity (Wildman–Crippen MR) is 61.0 cm³/mol. The van der Waals surface area contributed by atoms with Crippen LogP contribution in [-0.4, -0.2) is 149 Å². The van der Waals surface area contributed by atoms with Crippen molar-refractivity contribution in [3.8, 4) is 0 Å². The zero-order valence-electron chi connectivity index (χ0n) is 16.1. The molecular formula is C2H11Ca2Mg2O9P. The van der Waals surface area contributed by atoms with Crippen molar-refractivity contribution in [1.82, 2.24) is 0 Å². The number of hydrogen-bond donors (Lipinski definition) is 3. The average Bonchev–Trinajstić information content (AvgIpc) is 2.38. The van der Waals surface area contributed by atoms with Crippen molar-refractivity contribution in [3.63, 3.8) is 0 Å². The summed E-state index contributed by atoms with van der Waals surface area (Å²) in [6, 6.07) is 0. The Balaban J connectivity index is -0.0000000120. The number of carboxylic acid groups (broad SMARTS) is 1. The monoisotopic (exact) mass is 338 g/mol. The Labute approximate surface area is 193 Å². The molecule has 16 heavy (non-hydrogen) atoms. The second-order valence-electron chi connectivity index (χ2n) is 1.66. The van der Waals surface area contributed by atoms with Crippen LogP contribution >= 0.6 is 7.74 Å². The molecule has 0 aliphatic carbocycles. The molecule has 14 heteroatoms. The maximum absolute atomic E-state index is 10.2. The van der Waals surface area contributed by atoms with E-state index in [0.717, 1.165) is 0 Å². The quantitative estimate of drug-likeness (QED) is 0.141. The molecule has 0 unspecified atom stereocenters. The molecule has 1 aliphatic rings. The molecule has 0 aromatic heterocycles. The molecule has 0 aromatic carbocycles. The molecule has 0 spiro atoms. The van der Waals surface area contributed by atoms with Crippen LogP contribution in [0.3, 0.4) is 0 Å². The van der Waals surface area contributed by atoms with Gasteiger partial charge in [0, 0.05) is 0 Å². The van der Waals surface area contributed by atoms with E-state index in [2.05, 4.69) is 18.6 Å². The van der Waals surface area contributed by atoms with Gasteiger partial charge in [0.25, 0.3) is 0 Å². The van der Waals surface area contributed by atoms with Crippen molar-refractivity contribution in [2.24, 2.45) is 0 Å². The van der Waals surface area contributed by atoms with Crippen LogP contribution in [0.15, 0.2) is 0 Å².